The Bertz CT molecular complexity index is 807. The number of hydrogen-bond donors (Lipinski definition) is 3. The molecule has 116 valence electrons. The molecule has 0 bridgehead atoms. The number of phenolic OH excluding ortho intramolecular Hbond substituents is 1. The zero-order valence-electron chi connectivity index (χ0n) is 12.3. The average molecular weight is 309 g/mol. The molecule has 0 spiro atoms. The second kappa shape index (κ2) is 6.07. The SMILES string of the molecule is C#Cc1ccc(-c2nnc(NC(=O)CO)cc2C2CC2)c(O)c1. The first kappa shape index (κ1) is 15.0. The van der Waals surface area contributed by atoms with Gasteiger partial charge in [0, 0.05) is 11.1 Å². The molecular weight excluding hydrogens is 294 g/mol. The van der Waals surface area contributed by atoms with Crippen LogP contribution in [-0.4, -0.2) is 32.9 Å². The first-order valence-corrected chi connectivity index (χ1v) is 7.20. The fourth-order valence-corrected chi connectivity index (χ4v) is 2.39. The van der Waals surface area contributed by atoms with E-state index in [9.17, 15) is 9.90 Å². The summed E-state index contributed by atoms with van der Waals surface area (Å²) < 4.78 is 0. The minimum absolute atomic E-state index is 0.0452. The van der Waals surface area contributed by atoms with Crippen LogP contribution in [0.2, 0.25) is 0 Å². The summed E-state index contributed by atoms with van der Waals surface area (Å²) in [4.78, 5) is 11.3. The molecule has 23 heavy (non-hydrogen) atoms. The van der Waals surface area contributed by atoms with Crippen LogP contribution < -0.4 is 5.32 Å². The number of aliphatic hydroxyl groups is 1. The third-order valence-corrected chi connectivity index (χ3v) is 3.67. The number of benzene rings is 1. The van der Waals surface area contributed by atoms with Crippen LogP contribution in [0.25, 0.3) is 11.3 Å². The van der Waals surface area contributed by atoms with Crippen molar-refractivity contribution in [1.82, 2.24) is 10.2 Å². The quantitative estimate of drug-likeness (QED) is 0.746. The van der Waals surface area contributed by atoms with E-state index in [-0.39, 0.29) is 11.6 Å². The first-order chi connectivity index (χ1) is 11.1. The summed E-state index contributed by atoms with van der Waals surface area (Å²) in [7, 11) is 0. The second-order valence-corrected chi connectivity index (χ2v) is 5.39. The van der Waals surface area contributed by atoms with Crippen molar-refractivity contribution in [3.8, 4) is 29.4 Å². The molecule has 0 unspecified atom stereocenters. The number of phenols is 1. The van der Waals surface area contributed by atoms with E-state index >= 15 is 0 Å². The van der Waals surface area contributed by atoms with Gasteiger partial charge < -0.3 is 15.5 Å². The van der Waals surface area contributed by atoms with E-state index in [2.05, 4.69) is 21.4 Å². The zero-order chi connectivity index (χ0) is 16.4. The maximum absolute atomic E-state index is 11.3. The zero-order valence-corrected chi connectivity index (χ0v) is 12.3. The van der Waals surface area contributed by atoms with E-state index in [1.54, 1.807) is 18.2 Å². The van der Waals surface area contributed by atoms with Gasteiger partial charge in [-0.25, -0.2) is 0 Å². The highest BCUT2D eigenvalue weighted by molar-refractivity contribution is 5.90. The number of aromatic hydroxyl groups is 1. The van der Waals surface area contributed by atoms with E-state index in [0.717, 1.165) is 18.4 Å². The van der Waals surface area contributed by atoms with Gasteiger partial charge in [-0.1, -0.05) is 5.92 Å². The molecular formula is C17H15N3O3. The first-order valence-electron chi connectivity index (χ1n) is 7.20. The fraction of sp³-hybridized carbons (Fsp3) is 0.235. The summed E-state index contributed by atoms with van der Waals surface area (Å²) in [5, 5.41) is 29.6. The van der Waals surface area contributed by atoms with Gasteiger partial charge in [-0.2, -0.15) is 0 Å². The Morgan fingerprint density at radius 2 is 2.13 bits per heavy atom. The Hall–Kier alpha value is -2.91. The van der Waals surface area contributed by atoms with Gasteiger partial charge in [-0.3, -0.25) is 4.79 Å². The third-order valence-electron chi connectivity index (χ3n) is 3.67. The van der Waals surface area contributed by atoms with Crippen molar-refractivity contribution in [3.05, 3.63) is 35.4 Å². The second-order valence-electron chi connectivity index (χ2n) is 5.39. The maximum Gasteiger partial charge on any atom is 0.251 e. The van der Waals surface area contributed by atoms with E-state index in [0.29, 0.717) is 22.7 Å². The summed E-state index contributed by atoms with van der Waals surface area (Å²) in [5.74, 6) is 2.58. The Balaban J connectivity index is 2.02. The molecule has 6 heteroatoms. The van der Waals surface area contributed by atoms with Crippen LogP contribution in [0.1, 0.15) is 29.9 Å². The van der Waals surface area contributed by atoms with Crippen LogP contribution in [0.4, 0.5) is 5.82 Å². The lowest BCUT2D eigenvalue weighted by molar-refractivity contribution is -0.118. The summed E-state index contributed by atoms with van der Waals surface area (Å²) in [5.41, 5.74) is 2.63. The molecule has 2 aromatic rings. The number of nitrogens with one attached hydrogen (secondary N) is 1. The van der Waals surface area contributed by atoms with Crippen molar-refractivity contribution in [1.29, 1.82) is 0 Å². The molecule has 3 rings (SSSR count). The molecule has 6 nitrogen and oxygen atoms in total. The predicted molar refractivity (Wildman–Crippen MR) is 84.8 cm³/mol. The minimum Gasteiger partial charge on any atom is -0.507 e. The van der Waals surface area contributed by atoms with E-state index < -0.39 is 12.5 Å². The Kier molecular flexibility index (Phi) is 3.96. The molecule has 1 aromatic carbocycles. The number of amides is 1. The third kappa shape index (κ3) is 3.15. The van der Waals surface area contributed by atoms with E-state index in [4.69, 9.17) is 11.5 Å². The van der Waals surface area contributed by atoms with Crippen molar-refractivity contribution < 1.29 is 15.0 Å². The Morgan fingerprint density at radius 1 is 1.35 bits per heavy atom. The molecule has 0 aliphatic heterocycles. The lowest BCUT2D eigenvalue weighted by atomic mass is 10.0. The number of carbonyl (C=O) groups excluding carboxylic acids is 1. The predicted octanol–water partition coefficient (Wildman–Crippen LogP) is 1.64. The van der Waals surface area contributed by atoms with Gasteiger partial charge in [0.15, 0.2) is 5.82 Å². The molecule has 1 aromatic heterocycles. The van der Waals surface area contributed by atoms with Crippen molar-refractivity contribution in [3.63, 3.8) is 0 Å². The van der Waals surface area contributed by atoms with E-state index in [1.165, 1.54) is 6.07 Å². The van der Waals surface area contributed by atoms with Gasteiger partial charge in [0.2, 0.25) is 0 Å². The van der Waals surface area contributed by atoms with Gasteiger partial charge in [0.25, 0.3) is 5.91 Å². The molecule has 3 N–H and O–H groups in total. The van der Waals surface area contributed by atoms with Crippen molar-refractivity contribution in [2.45, 2.75) is 18.8 Å². The van der Waals surface area contributed by atoms with Gasteiger partial charge >= 0.3 is 0 Å². The van der Waals surface area contributed by atoms with Crippen LogP contribution >= 0.6 is 0 Å². The van der Waals surface area contributed by atoms with Crippen LogP contribution in [0.15, 0.2) is 24.3 Å². The van der Waals surface area contributed by atoms with Crippen molar-refractivity contribution >= 4 is 11.7 Å². The fourth-order valence-electron chi connectivity index (χ4n) is 2.39. The highest BCUT2D eigenvalue weighted by Crippen LogP contribution is 2.45. The number of aromatic nitrogens is 2. The summed E-state index contributed by atoms with van der Waals surface area (Å²) >= 11 is 0. The molecule has 0 saturated heterocycles. The minimum atomic E-state index is -0.615. The number of nitrogens with zero attached hydrogens (tertiary/aromatic N) is 2. The normalized spacial score (nSPS) is 13.4. The van der Waals surface area contributed by atoms with E-state index in [1.807, 2.05) is 0 Å². The monoisotopic (exact) mass is 309 g/mol. The summed E-state index contributed by atoms with van der Waals surface area (Å²) in [6, 6.07) is 6.69. The smallest absolute Gasteiger partial charge is 0.251 e. The van der Waals surface area contributed by atoms with Crippen LogP contribution in [0.5, 0.6) is 5.75 Å². The Labute approximate surface area is 133 Å². The highest BCUT2D eigenvalue weighted by Gasteiger charge is 2.29. The number of carbonyl (C=O) groups is 1. The summed E-state index contributed by atoms with van der Waals surface area (Å²) in [6.45, 7) is -0.615. The summed E-state index contributed by atoms with van der Waals surface area (Å²) in [6.07, 6.45) is 7.37. The number of hydrogen-bond acceptors (Lipinski definition) is 5. The standard InChI is InChI=1S/C17H15N3O3/c1-2-10-3-6-12(14(22)7-10)17-13(11-4-5-11)8-15(19-20-17)18-16(23)9-21/h1,3,6-8,11,21-22H,4-5,9H2,(H,18,19,23). The number of aliphatic hydroxyl groups excluding tert-OH is 1. The van der Waals surface area contributed by atoms with Crippen molar-refractivity contribution in [2.75, 3.05) is 11.9 Å². The number of terminal acetylenes is 1. The molecule has 1 heterocycles. The van der Waals surface area contributed by atoms with Crippen LogP contribution in [0.3, 0.4) is 0 Å². The topological polar surface area (TPSA) is 95.3 Å². The largest absolute Gasteiger partial charge is 0.507 e. The van der Waals surface area contributed by atoms with Gasteiger partial charge in [0.05, 0.1) is 0 Å². The molecule has 1 amide bonds. The molecule has 1 saturated carbocycles. The lowest BCUT2D eigenvalue weighted by Crippen LogP contribution is -2.17. The van der Waals surface area contributed by atoms with Gasteiger partial charge in [-0.15, -0.1) is 16.6 Å². The van der Waals surface area contributed by atoms with Crippen molar-refractivity contribution in [2.24, 2.45) is 0 Å². The highest BCUT2D eigenvalue weighted by atomic mass is 16.3. The molecule has 0 radical (unpaired) electrons. The molecule has 1 fully saturated rings. The lowest BCUT2D eigenvalue weighted by Gasteiger charge is -2.11. The molecule has 1 aliphatic carbocycles. The van der Waals surface area contributed by atoms with Gasteiger partial charge in [0.1, 0.15) is 18.1 Å². The van der Waals surface area contributed by atoms with Crippen LogP contribution in [-0.2, 0) is 4.79 Å². The van der Waals surface area contributed by atoms with Gasteiger partial charge in [-0.05, 0) is 48.6 Å². The molecule has 0 atom stereocenters. The molecule has 1 aliphatic rings. The van der Waals surface area contributed by atoms with Crippen LogP contribution in [0, 0.1) is 12.3 Å². The average Bonchev–Trinajstić information content (AvgIpc) is 3.39. The number of rotatable bonds is 4. The maximum atomic E-state index is 11.3. The Morgan fingerprint density at radius 3 is 2.74 bits per heavy atom. The number of anilines is 1.